The Labute approximate surface area is 162 Å². The first-order valence-corrected chi connectivity index (χ1v) is 8.50. The topological polar surface area (TPSA) is 128 Å². The van der Waals surface area contributed by atoms with E-state index in [4.69, 9.17) is 4.74 Å². The van der Waals surface area contributed by atoms with E-state index in [-0.39, 0.29) is 19.5 Å². The van der Waals surface area contributed by atoms with Crippen molar-refractivity contribution in [3.8, 4) is 0 Å². The van der Waals surface area contributed by atoms with E-state index in [1.807, 2.05) is 6.07 Å². The number of carbonyl (C=O) groups is 3. The van der Waals surface area contributed by atoms with E-state index in [0.717, 1.165) is 10.5 Å². The summed E-state index contributed by atoms with van der Waals surface area (Å²) in [7, 11) is 2.59. The number of ether oxygens (including phenoxy) is 1. The normalized spacial score (nSPS) is 11.4. The van der Waals surface area contributed by atoms with Crippen LogP contribution < -0.4 is 5.32 Å². The van der Waals surface area contributed by atoms with Gasteiger partial charge in [0.05, 0.1) is 20.0 Å². The number of esters is 1. The number of rotatable bonds is 8. The molecule has 0 fully saturated rings. The summed E-state index contributed by atoms with van der Waals surface area (Å²) in [5.74, 6) is -1.19. The molecule has 0 aliphatic rings. The Hall–Kier alpha value is -3.40. The van der Waals surface area contributed by atoms with Crippen LogP contribution in [-0.2, 0) is 27.3 Å². The minimum atomic E-state index is -0.934. The van der Waals surface area contributed by atoms with Crippen molar-refractivity contribution in [2.45, 2.75) is 19.0 Å². The average Bonchev–Trinajstić information content (AvgIpc) is 3.20. The van der Waals surface area contributed by atoms with E-state index in [9.17, 15) is 19.6 Å². The van der Waals surface area contributed by atoms with Crippen LogP contribution in [-0.4, -0.2) is 69.8 Å². The molecule has 0 saturated heterocycles. The number of nitrogens with one attached hydrogen (secondary N) is 2. The molecule has 1 aromatic heterocycles. The van der Waals surface area contributed by atoms with Crippen LogP contribution in [0.15, 0.2) is 42.9 Å². The summed E-state index contributed by atoms with van der Waals surface area (Å²) in [4.78, 5) is 44.1. The Morgan fingerprint density at radius 1 is 1.29 bits per heavy atom. The molecular weight excluding hydrogens is 366 g/mol. The molecule has 0 spiro atoms. The second kappa shape index (κ2) is 10.1. The fourth-order valence-electron chi connectivity index (χ4n) is 2.50. The van der Waals surface area contributed by atoms with Gasteiger partial charge in [-0.3, -0.25) is 10.0 Å². The molecule has 10 nitrogen and oxygen atoms in total. The lowest BCUT2D eigenvalue weighted by Crippen LogP contribution is -2.49. The number of carbonyl (C=O) groups excluding carboxylic acids is 3. The van der Waals surface area contributed by atoms with Gasteiger partial charge < -0.3 is 19.9 Å². The minimum absolute atomic E-state index is 0.0176. The van der Waals surface area contributed by atoms with Crippen LogP contribution in [0.5, 0.6) is 0 Å². The summed E-state index contributed by atoms with van der Waals surface area (Å²) < 4.78 is 4.70. The van der Waals surface area contributed by atoms with Crippen LogP contribution in [0.4, 0.5) is 4.79 Å². The average molecular weight is 389 g/mol. The molecule has 150 valence electrons. The lowest BCUT2D eigenvalue weighted by Gasteiger charge is -2.24. The van der Waals surface area contributed by atoms with Crippen LogP contribution in [0, 0.1) is 0 Å². The molecule has 0 aliphatic heterocycles. The molecule has 1 aromatic carbocycles. The summed E-state index contributed by atoms with van der Waals surface area (Å²) in [6.45, 7) is -0.364. The van der Waals surface area contributed by atoms with Gasteiger partial charge in [0.15, 0.2) is 0 Å². The molecule has 0 saturated carbocycles. The fraction of sp³-hybridized carbons (Fsp3) is 0.333. The number of methoxy groups -OCH3 is 1. The lowest BCUT2D eigenvalue weighted by atomic mass is 10.1. The van der Waals surface area contributed by atoms with Crippen molar-refractivity contribution in [1.29, 1.82) is 0 Å². The molecule has 0 unspecified atom stereocenters. The number of benzene rings is 1. The van der Waals surface area contributed by atoms with Gasteiger partial charge in [-0.15, -0.1) is 0 Å². The molecule has 0 aliphatic carbocycles. The van der Waals surface area contributed by atoms with Crippen molar-refractivity contribution in [3.63, 3.8) is 0 Å². The highest BCUT2D eigenvalue weighted by Gasteiger charge is 2.25. The van der Waals surface area contributed by atoms with E-state index in [2.05, 4.69) is 15.3 Å². The van der Waals surface area contributed by atoms with Crippen LogP contribution in [0.2, 0.25) is 0 Å². The number of amides is 3. The van der Waals surface area contributed by atoms with Gasteiger partial charge in [0.1, 0.15) is 12.6 Å². The first-order valence-electron chi connectivity index (χ1n) is 8.50. The van der Waals surface area contributed by atoms with Crippen molar-refractivity contribution in [1.82, 2.24) is 25.2 Å². The van der Waals surface area contributed by atoms with Gasteiger partial charge in [0.25, 0.3) is 0 Å². The van der Waals surface area contributed by atoms with Crippen LogP contribution in [0.25, 0.3) is 0 Å². The van der Waals surface area contributed by atoms with Gasteiger partial charge in [0.2, 0.25) is 5.91 Å². The number of urea groups is 1. The highest BCUT2D eigenvalue weighted by atomic mass is 16.5. The van der Waals surface area contributed by atoms with Crippen molar-refractivity contribution < 1.29 is 24.3 Å². The molecule has 1 heterocycles. The predicted octanol–water partition coefficient (Wildman–Crippen LogP) is 0.553. The molecule has 1 atom stereocenters. The number of hydrogen-bond donors (Lipinski definition) is 3. The number of aromatic nitrogens is 2. The third-order valence-corrected chi connectivity index (χ3v) is 3.90. The summed E-state index contributed by atoms with van der Waals surface area (Å²) in [5, 5.41) is 13.0. The van der Waals surface area contributed by atoms with Gasteiger partial charge in [0, 0.05) is 25.4 Å². The van der Waals surface area contributed by atoms with Crippen LogP contribution in [0.1, 0.15) is 11.3 Å². The smallest absolute Gasteiger partial charge is 0.344 e. The number of nitrogens with zero attached hydrogens (tertiary/aromatic N) is 3. The third-order valence-electron chi connectivity index (χ3n) is 3.90. The maximum atomic E-state index is 12.3. The number of hydrogen-bond acceptors (Lipinski definition) is 6. The van der Waals surface area contributed by atoms with E-state index < -0.39 is 23.9 Å². The van der Waals surface area contributed by atoms with Gasteiger partial charge >= 0.3 is 12.0 Å². The number of likely N-dealkylation sites (N-methyl/N-ethyl adjacent to an activating group) is 1. The summed E-state index contributed by atoms with van der Waals surface area (Å²) >= 11 is 0. The molecule has 0 bridgehead atoms. The highest BCUT2D eigenvalue weighted by Crippen LogP contribution is 2.05. The highest BCUT2D eigenvalue weighted by molar-refractivity contribution is 5.87. The molecule has 0 radical (unpaired) electrons. The zero-order chi connectivity index (χ0) is 20.5. The molecule has 10 heteroatoms. The zero-order valence-corrected chi connectivity index (χ0v) is 15.7. The second-order valence-electron chi connectivity index (χ2n) is 6.11. The van der Waals surface area contributed by atoms with Crippen molar-refractivity contribution in [2.24, 2.45) is 0 Å². The van der Waals surface area contributed by atoms with E-state index in [1.54, 1.807) is 24.3 Å². The first-order chi connectivity index (χ1) is 13.4. The molecule has 2 rings (SSSR count). The monoisotopic (exact) mass is 389 g/mol. The Kier molecular flexibility index (Phi) is 7.52. The predicted molar refractivity (Wildman–Crippen MR) is 98.0 cm³/mol. The first kappa shape index (κ1) is 20.9. The molecule has 28 heavy (non-hydrogen) atoms. The zero-order valence-electron chi connectivity index (χ0n) is 15.7. The number of H-pyrrole nitrogens is 1. The van der Waals surface area contributed by atoms with Crippen molar-refractivity contribution in [3.05, 3.63) is 54.1 Å². The summed E-state index contributed by atoms with van der Waals surface area (Å²) in [6.07, 6.45) is 3.15. The third kappa shape index (κ3) is 6.09. The summed E-state index contributed by atoms with van der Waals surface area (Å²) in [5.41, 5.74) is 1.38. The van der Waals surface area contributed by atoms with Gasteiger partial charge in [-0.05, 0) is 5.56 Å². The standard InChI is InChI=1S/C18H23N5O5/c1-22(18(26)23(27)10-13-6-4-3-5-7-13)11-16(24)21-15(17(25)28-2)8-14-9-19-12-20-14/h3-7,9,12,15,27H,8,10-11H2,1-2H3,(H,19,20)(H,21,24)/t15-/m0/s1. The lowest BCUT2D eigenvalue weighted by molar-refractivity contribution is -0.145. The number of aromatic amines is 1. The quantitative estimate of drug-likeness (QED) is 0.344. The molecule has 2 aromatic rings. The molecule has 3 N–H and O–H groups in total. The van der Waals surface area contributed by atoms with Gasteiger partial charge in [-0.1, -0.05) is 30.3 Å². The Morgan fingerprint density at radius 3 is 2.61 bits per heavy atom. The molecule has 3 amide bonds. The van der Waals surface area contributed by atoms with Crippen molar-refractivity contribution >= 4 is 17.9 Å². The summed E-state index contributed by atoms with van der Waals surface area (Å²) in [6, 6.07) is 7.25. The Morgan fingerprint density at radius 2 is 2.00 bits per heavy atom. The second-order valence-corrected chi connectivity index (χ2v) is 6.11. The van der Waals surface area contributed by atoms with Crippen molar-refractivity contribution in [2.75, 3.05) is 20.7 Å². The number of hydroxylamine groups is 2. The Bertz CT molecular complexity index is 781. The maximum absolute atomic E-state index is 12.3. The van der Waals surface area contributed by atoms with E-state index >= 15 is 0 Å². The van der Waals surface area contributed by atoms with Crippen LogP contribution >= 0.6 is 0 Å². The van der Waals surface area contributed by atoms with Gasteiger partial charge in [-0.2, -0.15) is 0 Å². The van der Waals surface area contributed by atoms with Crippen LogP contribution in [0.3, 0.4) is 0 Å². The maximum Gasteiger partial charge on any atom is 0.344 e. The SMILES string of the molecule is COC(=O)[C@H](Cc1cnc[nH]1)NC(=O)CN(C)C(=O)N(O)Cc1ccccc1. The minimum Gasteiger partial charge on any atom is -0.467 e. The van der Waals surface area contributed by atoms with Gasteiger partial charge in [-0.25, -0.2) is 19.6 Å². The Balaban J connectivity index is 1.90. The fourth-order valence-corrected chi connectivity index (χ4v) is 2.50. The van der Waals surface area contributed by atoms with E-state index in [0.29, 0.717) is 10.8 Å². The van der Waals surface area contributed by atoms with E-state index in [1.165, 1.54) is 26.7 Å². The molecular formula is C18H23N5O5. The largest absolute Gasteiger partial charge is 0.467 e. The number of imidazole rings is 1.